The predicted molar refractivity (Wildman–Crippen MR) is 54.0 cm³/mol. The van der Waals surface area contributed by atoms with Crippen molar-refractivity contribution < 1.29 is 4.79 Å². The first-order chi connectivity index (χ1) is 6.70. The summed E-state index contributed by atoms with van der Waals surface area (Å²) >= 11 is 0. The Balaban J connectivity index is 2.90. The maximum absolute atomic E-state index is 11.3. The number of hydrogen-bond acceptors (Lipinski definition) is 4. The number of rotatable bonds is 1. The molecule has 2 aromatic rings. The standard InChI is InChI=1S/C10H9N3O/c1-6(14)8-9-7(3-2-4-12-9)5-13-10(8)11/h2-5H,1H3,(H2,11,13). The van der Waals surface area contributed by atoms with Gasteiger partial charge in [0.2, 0.25) is 0 Å². The Morgan fingerprint density at radius 2 is 2.21 bits per heavy atom. The molecule has 0 fully saturated rings. The maximum Gasteiger partial charge on any atom is 0.165 e. The van der Waals surface area contributed by atoms with Gasteiger partial charge in [-0.1, -0.05) is 0 Å². The van der Waals surface area contributed by atoms with Crippen LogP contribution in [0, 0.1) is 0 Å². The van der Waals surface area contributed by atoms with Crippen molar-refractivity contribution in [3.63, 3.8) is 0 Å². The normalized spacial score (nSPS) is 10.4. The Hall–Kier alpha value is -1.97. The summed E-state index contributed by atoms with van der Waals surface area (Å²) in [6.45, 7) is 1.46. The van der Waals surface area contributed by atoms with E-state index in [1.165, 1.54) is 6.92 Å². The van der Waals surface area contributed by atoms with Crippen LogP contribution in [0.15, 0.2) is 24.5 Å². The van der Waals surface area contributed by atoms with Crippen LogP contribution in [-0.4, -0.2) is 15.8 Å². The molecule has 0 aliphatic carbocycles. The fourth-order valence-corrected chi connectivity index (χ4v) is 1.40. The number of aromatic nitrogens is 2. The third kappa shape index (κ3) is 1.21. The van der Waals surface area contributed by atoms with Gasteiger partial charge in [-0.2, -0.15) is 0 Å². The van der Waals surface area contributed by atoms with Gasteiger partial charge in [-0.3, -0.25) is 9.78 Å². The number of fused-ring (bicyclic) bond motifs is 1. The van der Waals surface area contributed by atoms with E-state index in [0.29, 0.717) is 11.1 Å². The minimum Gasteiger partial charge on any atom is -0.383 e. The number of anilines is 1. The molecule has 0 atom stereocenters. The van der Waals surface area contributed by atoms with Crippen LogP contribution in [0.1, 0.15) is 17.3 Å². The quantitative estimate of drug-likeness (QED) is 0.685. The van der Waals surface area contributed by atoms with Crippen LogP contribution in [0.2, 0.25) is 0 Å². The molecule has 0 aliphatic heterocycles. The average Bonchev–Trinajstić information content (AvgIpc) is 2.17. The molecule has 14 heavy (non-hydrogen) atoms. The van der Waals surface area contributed by atoms with E-state index in [-0.39, 0.29) is 11.6 Å². The van der Waals surface area contributed by atoms with Crippen molar-refractivity contribution in [1.29, 1.82) is 0 Å². The minimum atomic E-state index is -0.112. The molecule has 2 aromatic heterocycles. The highest BCUT2D eigenvalue weighted by Gasteiger charge is 2.11. The zero-order chi connectivity index (χ0) is 10.1. The third-order valence-corrected chi connectivity index (χ3v) is 2.03. The highest BCUT2D eigenvalue weighted by molar-refractivity contribution is 6.08. The highest BCUT2D eigenvalue weighted by Crippen LogP contribution is 2.19. The van der Waals surface area contributed by atoms with Gasteiger partial charge in [-0.05, 0) is 19.1 Å². The van der Waals surface area contributed by atoms with E-state index in [1.54, 1.807) is 18.5 Å². The zero-order valence-corrected chi connectivity index (χ0v) is 7.69. The van der Waals surface area contributed by atoms with E-state index in [9.17, 15) is 4.79 Å². The second kappa shape index (κ2) is 3.06. The van der Waals surface area contributed by atoms with Crippen LogP contribution in [0.3, 0.4) is 0 Å². The van der Waals surface area contributed by atoms with Crippen molar-refractivity contribution in [3.05, 3.63) is 30.1 Å². The lowest BCUT2D eigenvalue weighted by atomic mass is 10.1. The number of hydrogen-bond donors (Lipinski definition) is 1. The molecule has 4 nitrogen and oxygen atoms in total. The van der Waals surface area contributed by atoms with Crippen LogP contribution >= 0.6 is 0 Å². The summed E-state index contributed by atoms with van der Waals surface area (Å²) in [6, 6.07) is 3.64. The first-order valence-corrected chi connectivity index (χ1v) is 4.20. The zero-order valence-electron chi connectivity index (χ0n) is 7.69. The Morgan fingerprint density at radius 1 is 1.43 bits per heavy atom. The van der Waals surface area contributed by atoms with Gasteiger partial charge in [0.1, 0.15) is 5.82 Å². The van der Waals surface area contributed by atoms with E-state index < -0.39 is 0 Å². The Labute approximate surface area is 80.8 Å². The number of pyridine rings is 2. The van der Waals surface area contributed by atoms with Gasteiger partial charge in [-0.15, -0.1) is 0 Å². The topological polar surface area (TPSA) is 68.9 Å². The molecule has 70 valence electrons. The van der Waals surface area contributed by atoms with E-state index >= 15 is 0 Å². The van der Waals surface area contributed by atoms with E-state index in [4.69, 9.17) is 5.73 Å². The van der Waals surface area contributed by atoms with Crippen LogP contribution in [0.25, 0.3) is 10.9 Å². The molecule has 0 saturated heterocycles. The predicted octanol–water partition coefficient (Wildman–Crippen LogP) is 1.41. The average molecular weight is 187 g/mol. The molecule has 0 amide bonds. The van der Waals surface area contributed by atoms with Crippen molar-refractivity contribution in [2.24, 2.45) is 0 Å². The Kier molecular flexibility index (Phi) is 1.89. The number of ketones is 1. The van der Waals surface area contributed by atoms with Gasteiger partial charge in [0.25, 0.3) is 0 Å². The number of nitrogen functional groups attached to an aromatic ring is 1. The summed E-state index contributed by atoms with van der Waals surface area (Å²) in [5.41, 5.74) is 6.64. The monoisotopic (exact) mass is 187 g/mol. The third-order valence-electron chi connectivity index (χ3n) is 2.03. The molecule has 4 heteroatoms. The van der Waals surface area contributed by atoms with Crippen molar-refractivity contribution in [1.82, 2.24) is 9.97 Å². The Morgan fingerprint density at radius 3 is 2.93 bits per heavy atom. The number of nitrogens with zero attached hydrogens (tertiary/aromatic N) is 2. The first-order valence-electron chi connectivity index (χ1n) is 4.20. The molecular weight excluding hydrogens is 178 g/mol. The molecule has 0 spiro atoms. The van der Waals surface area contributed by atoms with Crippen molar-refractivity contribution >= 4 is 22.5 Å². The summed E-state index contributed by atoms with van der Waals surface area (Å²) in [4.78, 5) is 19.4. The van der Waals surface area contributed by atoms with Gasteiger partial charge < -0.3 is 5.73 Å². The number of carbonyl (C=O) groups is 1. The molecule has 2 rings (SSSR count). The highest BCUT2D eigenvalue weighted by atomic mass is 16.1. The number of Topliss-reactive ketones (excluding diaryl/α,β-unsaturated/α-hetero) is 1. The second-order valence-electron chi connectivity index (χ2n) is 3.02. The fourth-order valence-electron chi connectivity index (χ4n) is 1.40. The molecule has 0 saturated carbocycles. The lowest BCUT2D eigenvalue weighted by Gasteiger charge is -2.03. The van der Waals surface area contributed by atoms with Crippen LogP contribution in [0.5, 0.6) is 0 Å². The van der Waals surface area contributed by atoms with Crippen LogP contribution < -0.4 is 5.73 Å². The fraction of sp³-hybridized carbons (Fsp3) is 0.100. The lowest BCUT2D eigenvalue weighted by molar-refractivity contribution is 0.101. The maximum atomic E-state index is 11.3. The molecular formula is C10H9N3O. The van der Waals surface area contributed by atoms with Gasteiger partial charge in [-0.25, -0.2) is 4.98 Å². The van der Waals surface area contributed by atoms with Gasteiger partial charge >= 0.3 is 0 Å². The van der Waals surface area contributed by atoms with Crippen molar-refractivity contribution in [2.45, 2.75) is 6.92 Å². The van der Waals surface area contributed by atoms with E-state index in [0.717, 1.165) is 5.39 Å². The van der Waals surface area contributed by atoms with Crippen LogP contribution in [0.4, 0.5) is 5.82 Å². The summed E-state index contributed by atoms with van der Waals surface area (Å²) in [5.74, 6) is 0.128. The SMILES string of the molecule is CC(=O)c1c(N)ncc2cccnc12. The molecule has 0 bridgehead atoms. The molecule has 0 aliphatic rings. The largest absolute Gasteiger partial charge is 0.383 e. The van der Waals surface area contributed by atoms with Crippen LogP contribution in [-0.2, 0) is 0 Å². The molecule has 2 N–H and O–H groups in total. The number of nitrogens with two attached hydrogens (primary N) is 1. The molecule has 2 heterocycles. The summed E-state index contributed by atoms with van der Waals surface area (Å²) < 4.78 is 0. The van der Waals surface area contributed by atoms with Crippen molar-refractivity contribution in [3.8, 4) is 0 Å². The summed E-state index contributed by atoms with van der Waals surface area (Å²) in [5, 5.41) is 0.826. The van der Waals surface area contributed by atoms with Gasteiger partial charge in [0.05, 0.1) is 11.1 Å². The Bertz CT molecular complexity index is 508. The lowest BCUT2D eigenvalue weighted by Crippen LogP contribution is -2.04. The molecule has 0 aromatic carbocycles. The second-order valence-corrected chi connectivity index (χ2v) is 3.02. The van der Waals surface area contributed by atoms with Crippen molar-refractivity contribution in [2.75, 3.05) is 5.73 Å². The number of carbonyl (C=O) groups excluding carboxylic acids is 1. The van der Waals surface area contributed by atoms with Gasteiger partial charge in [0, 0.05) is 17.8 Å². The van der Waals surface area contributed by atoms with E-state index in [1.807, 2.05) is 6.07 Å². The summed E-state index contributed by atoms with van der Waals surface area (Å²) in [7, 11) is 0. The molecule has 0 unspecified atom stereocenters. The first kappa shape index (κ1) is 8.62. The smallest absolute Gasteiger partial charge is 0.165 e. The summed E-state index contributed by atoms with van der Waals surface area (Å²) in [6.07, 6.45) is 3.25. The molecule has 0 radical (unpaired) electrons. The van der Waals surface area contributed by atoms with E-state index in [2.05, 4.69) is 9.97 Å². The minimum absolute atomic E-state index is 0.112. The van der Waals surface area contributed by atoms with Gasteiger partial charge in [0.15, 0.2) is 5.78 Å².